The Morgan fingerprint density at radius 1 is 1.56 bits per heavy atom. The minimum atomic E-state index is -4.47. The highest BCUT2D eigenvalue weighted by molar-refractivity contribution is 7.80. The molecule has 0 rings (SSSR count). The van der Waals surface area contributed by atoms with Gasteiger partial charge in [-0.25, -0.2) is 4.18 Å². The van der Waals surface area contributed by atoms with E-state index in [-0.39, 0.29) is 6.15 Å². The zero-order valence-corrected chi connectivity index (χ0v) is 5.63. The minimum absolute atomic E-state index is 0. The SMILES string of the molecule is CC(O)OS(=O)(=O)O.N. The molecule has 0 saturated carbocycles. The molecular weight excluding hydrogens is 150 g/mol. The molecule has 0 spiro atoms. The molecule has 9 heavy (non-hydrogen) atoms. The number of aliphatic hydroxyl groups excluding tert-OH is 1. The van der Waals surface area contributed by atoms with E-state index in [1.807, 2.05) is 0 Å². The van der Waals surface area contributed by atoms with Crippen molar-refractivity contribution in [1.82, 2.24) is 6.15 Å². The molecule has 6 nitrogen and oxygen atoms in total. The largest absolute Gasteiger partial charge is 0.399 e. The van der Waals surface area contributed by atoms with Gasteiger partial charge in [0, 0.05) is 0 Å². The zero-order chi connectivity index (χ0) is 6.78. The Kier molecular flexibility index (Phi) is 4.82. The van der Waals surface area contributed by atoms with E-state index >= 15 is 0 Å². The molecule has 0 aromatic heterocycles. The molecule has 0 radical (unpaired) electrons. The van der Waals surface area contributed by atoms with E-state index in [4.69, 9.17) is 9.66 Å². The highest BCUT2D eigenvalue weighted by Gasteiger charge is 2.07. The minimum Gasteiger partial charge on any atom is -0.367 e. The lowest BCUT2D eigenvalue weighted by molar-refractivity contribution is -0.00301. The first-order valence-corrected chi connectivity index (χ1v) is 3.12. The molecule has 0 aliphatic rings. The Bertz CT molecular complexity index is 148. The van der Waals surface area contributed by atoms with Crippen molar-refractivity contribution in [2.24, 2.45) is 0 Å². The third-order valence-corrected chi connectivity index (χ3v) is 0.783. The smallest absolute Gasteiger partial charge is 0.367 e. The molecule has 1 atom stereocenters. The van der Waals surface area contributed by atoms with Gasteiger partial charge >= 0.3 is 10.4 Å². The van der Waals surface area contributed by atoms with E-state index < -0.39 is 16.7 Å². The molecule has 58 valence electrons. The summed E-state index contributed by atoms with van der Waals surface area (Å²) in [6, 6.07) is 0. The van der Waals surface area contributed by atoms with E-state index in [9.17, 15) is 8.42 Å². The fourth-order valence-electron chi connectivity index (χ4n) is 0.176. The van der Waals surface area contributed by atoms with Crippen molar-refractivity contribution < 1.29 is 22.3 Å². The summed E-state index contributed by atoms with van der Waals surface area (Å²) in [7, 11) is -4.47. The first kappa shape index (κ1) is 11.6. The van der Waals surface area contributed by atoms with Gasteiger partial charge in [0.15, 0.2) is 6.29 Å². The van der Waals surface area contributed by atoms with E-state index in [0.717, 1.165) is 6.92 Å². The Labute approximate surface area is 53.0 Å². The quantitative estimate of drug-likeness (QED) is 0.362. The molecule has 0 aliphatic heterocycles. The summed E-state index contributed by atoms with van der Waals surface area (Å²) in [6.45, 7) is 1.06. The van der Waals surface area contributed by atoms with Crippen molar-refractivity contribution in [2.45, 2.75) is 13.2 Å². The van der Waals surface area contributed by atoms with E-state index in [2.05, 4.69) is 4.18 Å². The maximum absolute atomic E-state index is 9.62. The Hall–Kier alpha value is -0.210. The summed E-state index contributed by atoms with van der Waals surface area (Å²) in [4.78, 5) is 0. The van der Waals surface area contributed by atoms with Crippen LogP contribution in [0.3, 0.4) is 0 Å². The van der Waals surface area contributed by atoms with Gasteiger partial charge in [-0.1, -0.05) is 0 Å². The van der Waals surface area contributed by atoms with Gasteiger partial charge in [0.1, 0.15) is 0 Å². The average molecular weight is 159 g/mol. The summed E-state index contributed by atoms with van der Waals surface area (Å²) >= 11 is 0. The van der Waals surface area contributed by atoms with Gasteiger partial charge in [-0.05, 0) is 6.92 Å². The van der Waals surface area contributed by atoms with Crippen molar-refractivity contribution in [3.05, 3.63) is 0 Å². The van der Waals surface area contributed by atoms with Crippen LogP contribution in [0.5, 0.6) is 0 Å². The van der Waals surface area contributed by atoms with Crippen LogP contribution in [-0.2, 0) is 14.6 Å². The van der Waals surface area contributed by atoms with Crippen LogP contribution in [0.2, 0.25) is 0 Å². The fraction of sp³-hybridized carbons (Fsp3) is 1.00. The van der Waals surface area contributed by atoms with Crippen molar-refractivity contribution in [1.29, 1.82) is 0 Å². The Morgan fingerprint density at radius 2 is 1.89 bits per heavy atom. The second-order valence-electron chi connectivity index (χ2n) is 1.12. The maximum Gasteiger partial charge on any atom is 0.399 e. The van der Waals surface area contributed by atoms with Gasteiger partial charge in [0.2, 0.25) is 0 Å². The number of hydrogen-bond acceptors (Lipinski definition) is 5. The molecule has 0 saturated heterocycles. The first-order valence-electron chi connectivity index (χ1n) is 1.75. The van der Waals surface area contributed by atoms with Crippen LogP contribution in [0.15, 0.2) is 0 Å². The van der Waals surface area contributed by atoms with Gasteiger partial charge in [-0.2, -0.15) is 8.42 Å². The fourth-order valence-corrected chi connectivity index (χ4v) is 0.528. The topological polar surface area (TPSA) is 119 Å². The number of hydrogen-bond donors (Lipinski definition) is 3. The van der Waals surface area contributed by atoms with Gasteiger partial charge in [-0.3, -0.25) is 4.55 Å². The normalized spacial score (nSPS) is 14.1. The molecule has 0 fully saturated rings. The third-order valence-electron chi connectivity index (χ3n) is 0.261. The predicted octanol–water partition coefficient (Wildman–Crippen LogP) is -0.694. The van der Waals surface area contributed by atoms with Crippen molar-refractivity contribution >= 4 is 10.4 Å². The molecule has 0 amide bonds. The monoisotopic (exact) mass is 159 g/mol. The van der Waals surface area contributed by atoms with Gasteiger partial charge < -0.3 is 11.3 Å². The summed E-state index contributed by atoms with van der Waals surface area (Å²) in [6.07, 6.45) is -1.50. The summed E-state index contributed by atoms with van der Waals surface area (Å²) in [5.74, 6) is 0. The molecule has 0 bridgehead atoms. The van der Waals surface area contributed by atoms with Gasteiger partial charge in [0.05, 0.1) is 0 Å². The van der Waals surface area contributed by atoms with Crippen LogP contribution in [0.4, 0.5) is 0 Å². The van der Waals surface area contributed by atoms with Crippen LogP contribution >= 0.6 is 0 Å². The first-order chi connectivity index (χ1) is 3.42. The molecule has 0 aromatic rings. The molecule has 1 unspecified atom stereocenters. The second-order valence-corrected chi connectivity index (χ2v) is 2.17. The predicted molar refractivity (Wildman–Crippen MR) is 29.3 cm³/mol. The average Bonchev–Trinajstić information content (AvgIpc) is 1.21. The highest BCUT2D eigenvalue weighted by atomic mass is 32.3. The lowest BCUT2D eigenvalue weighted by Gasteiger charge is -1.98. The van der Waals surface area contributed by atoms with E-state index in [1.165, 1.54) is 0 Å². The molecule has 0 heterocycles. The summed E-state index contributed by atoms with van der Waals surface area (Å²) in [5, 5.41) is 8.13. The second kappa shape index (κ2) is 3.75. The van der Waals surface area contributed by atoms with Gasteiger partial charge in [0.25, 0.3) is 0 Å². The van der Waals surface area contributed by atoms with Crippen LogP contribution in [0.25, 0.3) is 0 Å². The molecule has 0 aliphatic carbocycles. The molecule has 5 N–H and O–H groups in total. The van der Waals surface area contributed by atoms with Crippen molar-refractivity contribution in [2.75, 3.05) is 0 Å². The summed E-state index contributed by atoms with van der Waals surface area (Å²) < 4.78 is 30.5. The summed E-state index contributed by atoms with van der Waals surface area (Å²) in [5.41, 5.74) is 0. The van der Waals surface area contributed by atoms with Crippen molar-refractivity contribution in [3.8, 4) is 0 Å². The van der Waals surface area contributed by atoms with Crippen LogP contribution < -0.4 is 6.15 Å². The van der Waals surface area contributed by atoms with Gasteiger partial charge in [-0.15, -0.1) is 0 Å². The Morgan fingerprint density at radius 3 is 1.89 bits per heavy atom. The van der Waals surface area contributed by atoms with E-state index in [0.29, 0.717) is 0 Å². The van der Waals surface area contributed by atoms with Crippen LogP contribution in [-0.4, -0.2) is 24.4 Å². The molecule has 0 aromatic carbocycles. The highest BCUT2D eigenvalue weighted by Crippen LogP contribution is 1.89. The molecular formula is C2H9NO5S. The lowest BCUT2D eigenvalue weighted by atomic mass is 10.8. The Balaban J connectivity index is 0. The van der Waals surface area contributed by atoms with Crippen LogP contribution in [0, 0.1) is 0 Å². The number of aliphatic hydroxyl groups is 1. The van der Waals surface area contributed by atoms with E-state index in [1.54, 1.807) is 0 Å². The molecule has 7 heteroatoms. The maximum atomic E-state index is 9.62. The number of rotatable bonds is 2. The lowest BCUT2D eigenvalue weighted by Crippen LogP contribution is -2.12. The van der Waals surface area contributed by atoms with Crippen LogP contribution in [0.1, 0.15) is 6.92 Å². The van der Waals surface area contributed by atoms with Crippen molar-refractivity contribution in [3.63, 3.8) is 0 Å². The standard InChI is InChI=1S/C2H6O5S.H3N/c1-2(3)7-8(4,5)6;/h2-3H,1H3,(H,4,5,6);1H3. The zero-order valence-electron chi connectivity index (χ0n) is 4.81. The third kappa shape index (κ3) is 11.4.